The van der Waals surface area contributed by atoms with Gasteiger partial charge in [-0.05, 0) is 36.5 Å². The summed E-state index contributed by atoms with van der Waals surface area (Å²) in [7, 11) is 3.04. The van der Waals surface area contributed by atoms with E-state index in [1.807, 2.05) is 6.92 Å². The summed E-state index contributed by atoms with van der Waals surface area (Å²) in [6.07, 6.45) is 1.48. The van der Waals surface area contributed by atoms with Crippen molar-refractivity contribution in [3.63, 3.8) is 0 Å². The Balaban J connectivity index is 2.16. The van der Waals surface area contributed by atoms with Gasteiger partial charge in [-0.1, -0.05) is 13.0 Å². The predicted octanol–water partition coefficient (Wildman–Crippen LogP) is 2.40. The number of methoxy groups -OCH3 is 2. The molecule has 1 aromatic carbocycles. The van der Waals surface area contributed by atoms with Gasteiger partial charge in [0.25, 0.3) is 0 Å². The molecule has 7 nitrogen and oxygen atoms in total. The van der Waals surface area contributed by atoms with E-state index in [0.29, 0.717) is 30.3 Å². The Morgan fingerprint density at radius 3 is 2.46 bits per heavy atom. The first-order chi connectivity index (χ1) is 12.5. The molecule has 0 spiro atoms. The molecule has 1 amide bonds. The number of amides is 1. The summed E-state index contributed by atoms with van der Waals surface area (Å²) >= 11 is 0. The van der Waals surface area contributed by atoms with Crippen molar-refractivity contribution in [2.24, 2.45) is 11.8 Å². The highest BCUT2D eigenvalue weighted by molar-refractivity contribution is 5.80. The zero-order valence-corrected chi connectivity index (χ0v) is 15.5. The van der Waals surface area contributed by atoms with E-state index in [0.717, 1.165) is 12.8 Å². The van der Waals surface area contributed by atoms with E-state index in [1.165, 1.54) is 14.2 Å². The number of aliphatic carboxylic acids is 1. The van der Waals surface area contributed by atoms with Crippen molar-refractivity contribution in [1.29, 1.82) is 0 Å². The second kappa shape index (κ2) is 9.43. The van der Waals surface area contributed by atoms with Crippen LogP contribution in [0.25, 0.3) is 0 Å². The van der Waals surface area contributed by atoms with Gasteiger partial charge in [-0.15, -0.1) is 0 Å². The fourth-order valence-electron chi connectivity index (χ4n) is 3.23. The molecule has 2 atom stereocenters. The summed E-state index contributed by atoms with van der Waals surface area (Å²) in [5, 5.41) is 12.1. The van der Waals surface area contributed by atoms with Gasteiger partial charge in [-0.25, -0.2) is 0 Å². The average Bonchev–Trinajstić information content (AvgIpc) is 2.66. The Morgan fingerprint density at radius 2 is 1.88 bits per heavy atom. The minimum Gasteiger partial charge on any atom is -0.493 e. The lowest BCUT2D eigenvalue weighted by Crippen LogP contribution is -2.38. The normalized spacial score (nSPS) is 17.2. The summed E-state index contributed by atoms with van der Waals surface area (Å²) in [4.78, 5) is 24.0. The lowest BCUT2D eigenvalue weighted by atomic mass is 9.86. The number of carbonyl (C=O) groups is 2. The number of rotatable bonds is 8. The van der Waals surface area contributed by atoms with Crippen LogP contribution in [0.5, 0.6) is 11.5 Å². The SMILES string of the molecule is COc1ccc(C(CC(=O)O)NC(=O)C(C)C2CCOCC2)cc1OC. The maximum Gasteiger partial charge on any atom is 0.305 e. The first-order valence-electron chi connectivity index (χ1n) is 8.78. The Kier molecular flexibility index (Phi) is 7.26. The molecule has 1 aromatic rings. The Morgan fingerprint density at radius 1 is 1.23 bits per heavy atom. The molecule has 1 fully saturated rings. The van der Waals surface area contributed by atoms with Crippen LogP contribution in [0.15, 0.2) is 18.2 Å². The van der Waals surface area contributed by atoms with Crippen molar-refractivity contribution in [2.75, 3.05) is 27.4 Å². The summed E-state index contributed by atoms with van der Waals surface area (Å²) in [6, 6.07) is 4.51. The van der Waals surface area contributed by atoms with Gasteiger partial charge in [0.2, 0.25) is 5.91 Å². The minimum atomic E-state index is -0.983. The van der Waals surface area contributed by atoms with Gasteiger partial charge in [0.1, 0.15) is 0 Å². The van der Waals surface area contributed by atoms with Crippen molar-refractivity contribution in [3.8, 4) is 11.5 Å². The fraction of sp³-hybridized carbons (Fsp3) is 0.579. The molecule has 0 aliphatic carbocycles. The number of hydrogen-bond donors (Lipinski definition) is 2. The minimum absolute atomic E-state index is 0.141. The van der Waals surface area contributed by atoms with E-state index < -0.39 is 12.0 Å². The van der Waals surface area contributed by atoms with Crippen LogP contribution < -0.4 is 14.8 Å². The van der Waals surface area contributed by atoms with E-state index in [4.69, 9.17) is 14.2 Å². The number of ether oxygens (including phenoxy) is 3. The van der Waals surface area contributed by atoms with E-state index >= 15 is 0 Å². The summed E-state index contributed by atoms with van der Waals surface area (Å²) in [6.45, 7) is 3.21. The molecule has 2 unspecified atom stereocenters. The third-order valence-electron chi connectivity index (χ3n) is 4.89. The monoisotopic (exact) mass is 365 g/mol. The first-order valence-corrected chi connectivity index (χ1v) is 8.78. The number of benzene rings is 1. The van der Waals surface area contributed by atoms with E-state index in [9.17, 15) is 14.7 Å². The van der Waals surface area contributed by atoms with Gasteiger partial charge in [0.05, 0.1) is 26.7 Å². The van der Waals surface area contributed by atoms with Crippen LogP contribution in [-0.2, 0) is 14.3 Å². The number of nitrogens with one attached hydrogen (secondary N) is 1. The molecular weight excluding hydrogens is 338 g/mol. The maximum atomic E-state index is 12.7. The lowest BCUT2D eigenvalue weighted by molar-refractivity contribution is -0.138. The topological polar surface area (TPSA) is 94.1 Å². The van der Waals surface area contributed by atoms with Crippen LogP contribution in [0.3, 0.4) is 0 Å². The van der Waals surface area contributed by atoms with Crippen molar-refractivity contribution >= 4 is 11.9 Å². The highest BCUT2D eigenvalue weighted by Crippen LogP contribution is 2.31. The van der Waals surface area contributed by atoms with E-state index in [1.54, 1.807) is 18.2 Å². The zero-order valence-electron chi connectivity index (χ0n) is 15.5. The molecule has 26 heavy (non-hydrogen) atoms. The number of carboxylic acid groups (broad SMARTS) is 1. The third-order valence-corrected chi connectivity index (χ3v) is 4.89. The van der Waals surface area contributed by atoms with Gasteiger partial charge in [0.15, 0.2) is 11.5 Å². The van der Waals surface area contributed by atoms with E-state index in [-0.39, 0.29) is 24.2 Å². The summed E-state index contributed by atoms with van der Waals surface area (Å²) in [5.74, 6) is -0.0314. The molecule has 144 valence electrons. The van der Waals surface area contributed by atoms with Crippen molar-refractivity contribution < 1.29 is 28.9 Å². The molecule has 2 N–H and O–H groups in total. The molecule has 0 aromatic heterocycles. The van der Waals surface area contributed by atoms with Crippen LogP contribution in [-0.4, -0.2) is 44.4 Å². The van der Waals surface area contributed by atoms with Gasteiger partial charge in [0, 0.05) is 19.1 Å². The summed E-state index contributed by atoms with van der Waals surface area (Å²) < 4.78 is 15.8. The van der Waals surface area contributed by atoms with Gasteiger partial charge >= 0.3 is 5.97 Å². The van der Waals surface area contributed by atoms with Crippen LogP contribution >= 0.6 is 0 Å². The Labute approximate surface area is 153 Å². The molecule has 0 bridgehead atoms. The molecule has 1 saturated heterocycles. The molecular formula is C19H27NO6. The Bertz CT molecular complexity index is 626. The molecule has 0 saturated carbocycles. The second-order valence-corrected chi connectivity index (χ2v) is 6.51. The molecule has 1 aliphatic heterocycles. The smallest absolute Gasteiger partial charge is 0.305 e. The molecule has 2 rings (SSSR count). The standard InChI is InChI=1S/C19H27NO6/c1-12(13-6-8-26-9-7-13)19(23)20-15(11-18(21)22)14-4-5-16(24-2)17(10-14)25-3/h4-5,10,12-13,15H,6-9,11H2,1-3H3,(H,20,23)(H,21,22). The van der Waals surface area contributed by atoms with Crippen molar-refractivity contribution in [2.45, 2.75) is 32.2 Å². The fourth-order valence-corrected chi connectivity index (χ4v) is 3.23. The van der Waals surface area contributed by atoms with E-state index in [2.05, 4.69) is 5.32 Å². The average molecular weight is 365 g/mol. The number of carboxylic acids is 1. The van der Waals surface area contributed by atoms with Crippen LogP contribution in [0, 0.1) is 11.8 Å². The maximum absolute atomic E-state index is 12.7. The van der Waals surface area contributed by atoms with Crippen molar-refractivity contribution in [3.05, 3.63) is 23.8 Å². The van der Waals surface area contributed by atoms with Crippen molar-refractivity contribution in [1.82, 2.24) is 5.32 Å². The zero-order chi connectivity index (χ0) is 19.1. The van der Waals surface area contributed by atoms with Gasteiger partial charge in [-0.2, -0.15) is 0 Å². The highest BCUT2D eigenvalue weighted by atomic mass is 16.5. The number of hydrogen-bond acceptors (Lipinski definition) is 5. The van der Waals surface area contributed by atoms with Crippen LogP contribution in [0.2, 0.25) is 0 Å². The first kappa shape index (κ1) is 20.0. The van der Waals surface area contributed by atoms with Crippen LogP contribution in [0.1, 0.15) is 37.8 Å². The summed E-state index contributed by atoms with van der Waals surface area (Å²) in [5.41, 5.74) is 0.664. The largest absolute Gasteiger partial charge is 0.493 e. The quantitative estimate of drug-likeness (QED) is 0.735. The molecule has 1 aliphatic rings. The van der Waals surface area contributed by atoms with Crippen LogP contribution in [0.4, 0.5) is 0 Å². The third kappa shape index (κ3) is 5.11. The highest BCUT2D eigenvalue weighted by Gasteiger charge is 2.28. The molecule has 7 heteroatoms. The van der Waals surface area contributed by atoms with Gasteiger partial charge in [-0.3, -0.25) is 9.59 Å². The Hall–Kier alpha value is -2.28. The predicted molar refractivity (Wildman–Crippen MR) is 95.4 cm³/mol. The second-order valence-electron chi connectivity index (χ2n) is 6.51. The molecule has 0 radical (unpaired) electrons. The lowest BCUT2D eigenvalue weighted by Gasteiger charge is -2.28. The van der Waals surface area contributed by atoms with Gasteiger partial charge < -0.3 is 24.6 Å². The number of carbonyl (C=O) groups excluding carboxylic acids is 1. The molecule has 1 heterocycles.